The van der Waals surface area contributed by atoms with E-state index in [2.05, 4.69) is 0 Å². The van der Waals surface area contributed by atoms with E-state index in [4.69, 9.17) is 0 Å². The number of alkyl halides is 2. The molecule has 2 aliphatic rings. The highest BCUT2D eigenvalue weighted by molar-refractivity contribution is 5.37. The first-order valence-electron chi connectivity index (χ1n) is 7.33. The lowest BCUT2D eigenvalue weighted by Gasteiger charge is -2.34. The van der Waals surface area contributed by atoms with Gasteiger partial charge in [-0.05, 0) is 54.7 Å². The van der Waals surface area contributed by atoms with E-state index >= 15 is 0 Å². The molecule has 0 heterocycles. The van der Waals surface area contributed by atoms with Crippen LogP contribution in [-0.2, 0) is 0 Å². The van der Waals surface area contributed by atoms with E-state index < -0.39 is 17.6 Å². The average molecular weight is 286 g/mol. The summed E-state index contributed by atoms with van der Waals surface area (Å²) in [7, 11) is 0. The molecule has 0 unspecified atom stereocenters. The predicted octanol–water partition coefficient (Wildman–Crippen LogP) is 5.53. The molecule has 1 aromatic carbocycles. The van der Waals surface area contributed by atoms with E-state index in [-0.39, 0.29) is 24.7 Å². The minimum atomic E-state index is -2.59. The second kappa shape index (κ2) is 5.05. The summed E-state index contributed by atoms with van der Waals surface area (Å²) in [5.74, 6) is -4.16. The van der Waals surface area contributed by atoms with Gasteiger partial charge in [0.1, 0.15) is 0 Å². The molecule has 0 aromatic heterocycles. The fraction of sp³-hybridized carbons (Fsp3) is 0.625. The van der Waals surface area contributed by atoms with Crippen LogP contribution >= 0.6 is 0 Å². The van der Waals surface area contributed by atoms with Crippen LogP contribution in [0.15, 0.2) is 12.1 Å². The van der Waals surface area contributed by atoms with Crippen LogP contribution in [0.5, 0.6) is 0 Å². The molecule has 2 saturated carbocycles. The molecule has 0 saturated heterocycles. The van der Waals surface area contributed by atoms with Crippen LogP contribution in [0.1, 0.15) is 67.9 Å². The summed E-state index contributed by atoms with van der Waals surface area (Å²) in [4.78, 5) is 0. The van der Waals surface area contributed by atoms with Crippen LogP contribution in [0.2, 0.25) is 0 Å². The summed E-state index contributed by atoms with van der Waals surface area (Å²) in [5, 5.41) is 0. The van der Waals surface area contributed by atoms with E-state index in [0.29, 0.717) is 18.4 Å². The molecule has 0 spiro atoms. The second-order valence-electron chi connectivity index (χ2n) is 6.12. The second-order valence-corrected chi connectivity index (χ2v) is 6.12. The molecular weight excluding hydrogens is 268 g/mol. The number of halogens is 4. The Bertz CT molecular complexity index is 495. The third kappa shape index (κ3) is 2.45. The maximum atomic E-state index is 14.1. The number of hydrogen-bond acceptors (Lipinski definition) is 0. The van der Waals surface area contributed by atoms with Crippen molar-refractivity contribution in [2.45, 2.75) is 62.7 Å². The Labute approximate surface area is 116 Å². The highest BCUT2D eigenvalue weighted by Crippen LogP contribution is 2.46. The lowest BCUT2D eigenvalue weighted by Crippen LogP contribution is -2.25. The van der Waals surface area contributed by atoms with Crippen LogP contribution < -0.4 is 0 Å². The molecule has 20 heavy (non-hydrogen) atoms. The number of hydrogen-bond donors (Lipinski definition) is 0. The molecule has 2 aliphatic carbocycles. The lowest BCUT2D eigenvalue weighted by molar-refractivity contribution is -0.0383. The lowest BCUT2D eigenvalue weighted by atomic mass is 9.73. The van der Waals surface area contributed by atoms with E-state index in [0.717, 1.165) is 30.9 Å². The van der Waals surface area contributed by atoms with Crippen molar-refractivity contribution in [2.24, 2.45) is 0 Å². The van der Waals surface area contributed by atoms with E-state index in [1.165, 1.54) is 0 Å². The minimum Gasteiger partial charge on any atom is -0.207 e. The average Bonchev–Trinajstić information content (AvgIpc) is 2.34. The molecule has 0 N–H and O–H groups in total. The summed E-state index contributed by atoms with van der Waals surface area (Å²) < 4.78 is 54.1. The molecule has 0 amide bonds. The van der Waals surface area contributed by atoms with E-state index in [9.17, 15) is 17.6 Å². The van der Waals surface area contributed by atoms with Gasteiger partial charge in [-0.1, -0.05) is 12.5 Å². The molecule has 0 atom stereocenters. The summed E-state index contributed by atoms with van der Waals surface area (Å²) in [6, 6.07) is 2.75. The van der Waals surface area contributed by atoms with E-state index in [1.807, 2.05) is 0 Å². The maximum Gasteiger partial charge on any atom is 0.248 e. The molecule has 0 bridgehead atoms. The third-order valence-corrected chi connectivity index (χ3v) is 4.84. The van der Waals surface area contributed by atoms with Gasteiger partial charge >= 0.3 is 0 Å². The van der Waals surface area contributed by atoms with Crippen molar-refractivity contribution in [3.8, 4) is 0 Å². The van der Waals surface area contributed by atoms with Gasteiger partial charge in [0.25, 0.3) is 0 Å². The Morgan fingerprint density at radius 2 is 1.55 bits per heavy atom. The fourth-order valence-corrected chi connectivity index (χ4v) is 3.40. The first-order valence-corrected chi connectivity index (χ1v) is 7.33. The summed E-state index contributed by atoms with van der Waals surface area (Å²) in [6.07, 6.45) is 3.19. The van der Waals surface area contributed by atoms with Crippen molar-refractivity contribution < 1.29 is 17.6 Å². The van der Waals surface area contributed by atoms with Gasteiger partial charge in [-0.25, -0.2) is 17.6 Å². The number of rotatable bonds is 2. The van der Waals surface area contributed by atoms with Crippen LogP contribution in [0.4, 0.5) is 17.6 Å². The Hall–Kier alpha value is -1.06. The van der Waals surface area contributed by atoms with Gasteiger partial charge < -0.3 is 0 Å². The van der Waals surface area contributed by atoms with Gasteiger partial charge in [-0.2, -0.15) is 0 Å². The van der Waals surface area contributed by atoms with Gasteiger partial charge in [-0.15, -0.1) is 0 Å². The molecule has 110 valence electrons. The standard InChI is InChI=1S/C16H18F4/c17-13-5-4-12(10-6-8-16(19,20)9-7-10)14(15(13)18)11-2-1-3-11/h4-5,10-11H,1-3,6-9H2. The smallest absolute Gasteiger partial charge is 0.207 e. The maximum absolute atomic E-state index is 14.1. The van der Waals surface area contributed by atoms with Crippen LogP contribution in [0.25, 0.3) is 0 Å². The van der Waals surface area contributed by atoms with Crippen molar-refractivity contribution in [3.05, 3.63) is 34.9 Å². The summed E-state index contributed by atoms with van der Waals surface area (Å²) >= 11 is 0. The van der Waals surface area contributed by atoms with Crippen LogP contribution in [0.3, 0.4) is 0 Å². The Morgan fingerprint density at radius 3 is 2.10 bits per heavy atom. The first-order chi connectivity index (χ1) is 9.48. The van der Waals surface area contributed by atoms with Crippen molar-refractivity contribution >= 4 is 0 Å². The van der Waals surface area contributed by atoms with Crippen molar-refractivity contribution in [2.75, 3.05) is 0 Å². The van der Waals surface area contributed by atoms with E-state index in [1.54, 1.807) is 6.07 Å². The third-order valence-electron chi connectivity index (χ3n) is 4.84. The Morgan fingerprint density at radius 1 is 0.900 bits per heavy atom. The topological polar surface area (TPSA) is 0 Å². The zero-order valence-corrected chi connectivity index (χ0v) is 11.3. The van der Waals surface area contributed by atoms with Crippen molar-refractivity contribution in [3.63, 3.8) is 0 Å². The monoisotopic (exact) mass is 286 g/mol. The summed E-state index contributed by atoms with van der Waals surface area (Å²) in [5.41, 5.74) is 1.23. The van der Waals surface area contributed by atoms with Crippen molar-refractivity contribution in [1.82, 2.24) is 0 Å². The minimum absolute atomic E-state index is 0.0553. The Kier molecular flexibility index (Phi) is 3.51. The SMILES string of the molecule is Fc1ccc(C2CCC(F)(F)CC2)c(C2CCC2)c1F. The van der Waals surface area contributed by atoms with Gasteiger partial charge in [0, 0.05) is 12.8 Å². The molecule has 1 aromatic rings. The predicted molar refractivity (Wildman–Crippen MR) is 69.1 cm³/mol. The molecule has 3 rings (SSSR count). The van der Waals surface area contributed by atoms with Gasteiger partial charge in [-0.3, -0.25) is 0 Å². The number of benzene rings is 1. The molecule has 0 radical (unpaired) electrons. The normalized spacial score (nSPS) is 23.6. The fourth-order valence-electron chi connectivity index (χ4n) is 3.40. The molecule has 0 nitrogen and oxygen atoms in total. The zero-order chi connectivity index (χ0) is 14.3. The quantitative estimate of drug-likeness (QED) is 0.627. The van der Waals surface area contributed by atoms with Crippen LogP contribution in [-0.4, -0.2) is 5.92 Å². The van der Waals surface area contributed by atoms with Gasteiger partial charge in [0.15, 0.2) is 11.6 Å². The van der Waals surface area contributed by atoms with Gasteiger partial charge in [0.05, 0.1) is 0 Å². The summed E-state index contributed by atoms with van der Waals surface area (Å²) in [6.45, 7) is 0. The molecule has 2 fully saturated rings. The highest BCUT2D eigenvalue weighted by atomic mass is 19.3. The molecule has 0 aliphatic heterocycles. The van der Waals surface area contributed by atoms with Crippen molar-refractivity contribution in [1.29, 1.82) is 0 Å². The highest BCUT2D eigenvalue weighted by Gasteiger charge is 2.37. The largest absolute Gasteiger partial charge is 0.248 e. The van der Waals surface area contributed by atoms with Gasteiger partial charge in [0.2, 0.25) is 5.92 Å². The van der Waals surface area contributed by atoms with Crippen LogP contribution in [0, 0.1) is 11.6 Å². The Balaban J connectivity index is 1.91. The molecular formula is C16H18F4. The molecule has 4 heteroatoms. The zero-order valence-electron chi connectivity index (χ0n) is 11.3. The first kappa shape index (κ1) is 13.9.